The summed E-state index contributed by atoms with van der Waals surface area (Å²) in [4.78, 5) is 12.3. The minimum Gasteiger partial charge on any atom is -0.467 e. The molecule has 0 saturated heterocycles. The summed E-state index contributed by atoms with van der Waals surface area (Å²) in [6.07, 6.45) is 0. The molecule has 0 aliphatic rings. The number of benzene rings is 2. The second-order valence-corrected chi connectivity index (χ2v) is 4.89. The Morgan fingerprint density at radius 1 is 1.14 bits per heavy atom. The van der Waals surface area contributed by atoms with Crippen molar-refractivity contribution in [2.45, 2.75) is 6.04 Å². The molecule has 1 atom stereocenters. The summed E-state index contributed by atoms with van der Waals surface area (Å²) < 4.78 is 4.86. The van der Waals surface area contributed by atoms with Crippen LogP contribution < -0.4 is 11.1 Å². The Bertz CT molecular complexity index is 626. The molecule has 0 amide bonds. The summed E-state index contributed by atoms with van der Waals surface area (Å²) in [6, 6.07) is 16.1. The molecule has 2 rings (SSSR count). The third kappa shape index (κ3) is 3.79. The highest BCUT2D eigenvalue weighted by Crippen LogP contribution is 2.21. The number of hydrogen-bond donors (Lipinski definition) is 2. The SMILES string of the molecule is COC(=O)C(Nc1ccc(C(N)=S)cc1)c1ccccc1. The van der Waals surface area contributed by atoms with E-state index in [9.17, 15) is 4.79 Å². The second-order valence-electron chi connectivity index (χ2n) is 4.45. The van der Waals surface area contributed by atoms with Crippen molar-refractivity contribution in [2.75, 3.05) is 12.4 Å². The van der Waals surface area contributed by atoms with Gasteiger partial charge in [-0.3, -0.25) is 0 Å². The number of nitrogens with two attached hydrogens (primary N) is 1. The van der Waals surface area contributed by atoms with Crippen molar-refractivity contribution >= 4 is 28.9 Å². The largest absolute Gasteiger partial charge is 0.467 e. The smallest absolute Gasteiger partial charge is 0.332 e. The summed E-state index contributed by atoms with van der Waals surface area (Å²) in [5.41, 5.74) is 7.97. The molecule has 1 unspecified atom stereocenters. The molecule has 2 aromatic carbocycles. The van der Waals surface area contributed by atoms with Crippen LogP contribution in [0.25, 0.3) is 0 Å². The molecule has 108 valence electrons. The zero-order valence-corrected chi connectivity index (χ0v) is 12.4. The maximum Gasteiger partial charge on any atom is 0.332 e. The fourth-order valence-corrected chi connectivity index (χ4v) is 2.08. The zero-order chi connectivity index (χ0) is 15.2. The molecule has 0 heterocycles. The first kappa shape index (κ1) is 15.0. The van der Waals surface area contributed by atoms with Gasteiger partial charge in [0.1, 0.15) is 4.99 Å². The van der Waals surface area contributed by atoms with Crippen LogP contribution in [0, 0.1) is 0 Å². The molecule has 5 heteroatoms. The third-order valence-corrected chi connectivity index (χ3v) is 3.29. The van der Waals surface area contributed by atoms with Crippen LogP contribution in [0.4, 0.5) is 5.69 Å². The Labute approximate surface area is 128 Å². The predicted molar refractivity (Wildman–Crippen MR) is 87.2 cm³/mol. The fraction of sp³-hybridized carbons (Fsp3) is 0.125. The number of methoxy groups -OCH3 is 1. The molecule has 0 radical (unpaired) electrons. The Morgan fingerprint density at radius 2 is 1.76 bits per heavy atom. The zero-order valence-electron chi connectivity index (χ0n) is 11.6. The number of carbonyl (C=O) groups excluding carboxylic acids is 1. The van der Waals surface area contributed by atoms with Crippen molar-refractivity contribution in [3.05, 3.63) is 65.7 Å². The van der Waals surface area contributed by atoms with Crippen molar-refractivity contribution < 1.29 is 9.53 Å². The van der Waals surface area contributed by atoms with E-state index in [1.807, 2.05) is 54.6 Å². The van der Waals surface area contributed by atoms with Gasteiger partial charge in [0, 0.05) is 11.3 Å². The van der Waals surface area contributed by atoms with E-state index in [0.29, 0.717) is 4.99 Å². The van der Waals surface area contributed by atoms with Crippen LogP contribution in [0.15, 0.2) is 54.6 Å². The molecule has 2 aromatic rings. The van der Waals surface area contributed by atoms with Gasteiger partial charge in [0.05, 0.1) is 7.11 Å². The third-order valence-electron chi connectivity index (χ3n) is 3.05. The van der Waals surface area contributed by atoms with Gasteiger partial charge in [-0.25, -0.2) is 4.79 Å². The average molecular weight is 300 g/mol. The Morgan fingerprint density at radius 3 is 2.29 bits per heavy atom. The number of nitrogens with one attached hydrogen (secondary N) is 1. The fourth-order valence-electron chi connectivity index (χ4n) is 1.94. The molecule has 4 nitrogen and oxygen atoms in total. The monoisotopic (exact) mass is 300 g/mol. The maximum absolute atomic E-state index is 12.0. The van der Waals surface area contributed by atoms with Crippen LogP contribution >= 0.6 is 12.2 Å². The molecule has 21 heavy (non-hydrogen) atoms. The number of rotatable bonds is 5. The summed E-state index contributed by atoms with van der Waals surface area (Å²) in [6.45, 7) is 0. The van der Waals surface area contributed by atoms with Gasteiger partial charge < -0.3 is 15.8 Å². The number of ether oxygens (including phenoxy) is 1. The van der Waals surface area contributed by atoms with Crippen LogP contribution in [0.3, 0.4) is 0 Å². The van der Waals surface area contributed by atoms with E-state index in [-0.39, 0.29) is 5.97 Å². The second kappa shape index (κ2) is 6.85. The molecular weight excluding hydrogens is 284 g/mol. The normalized spacial score (nSPS) is 11.5. The molecule has 0 aromatic heterocycles. The molecule has 0 spiro atoms. The standard InChI is InChI=1S/C16H16N2O2S/c1-20-16(19)14(11-5-3-2-4-6-11)18-13-9-7-12(8-10-13)15(17)21/h2-10,14,18H,1H3,(H2,17,21). The highest BCUT2D eigenvalue weighted by Gasteiger charge is 2.20. The van der Waals surface area contributed by atoms with Gasteiger partial charge in [0.15, 0.2) is 6.04 Å². The van der Waals surface area contributed by atoms with Gasteiger partial charge in [-0.15, -0.1) is 0 Å². The molecule has 0 aliphatic carbocycles. The lowest BCUT2D eigenvalue weighted by Crippen LogP contribution is -2.22. The highest BCUT2D eigenvalue weighted by atomic mass is 32.1. The maximum atomic E-state index is 12.0. The molecule has 0 aliphatic heterocycles. The van der Waals surface area contributed by atoms with Gasteiger partial charge in [-0.1, -0.05) is 42.5 Å². The predicted octanol–water partition coefficient (Wildman–Crippen LogP) is 2.65. The van der Waals surface area contributed by atoms with Crippen LogP contribution in [-0.2, 0) is 9.53 Å². The number of thiocarbonyl (C=S) groups is 1. The first-order valence-corrected chi connectivity index (χ1v) is 6.82. The van der Waals surface area contributed by atoms with Gasteiger partial charge in [0.2, 0.25) is 0 Å². The van der Waals surface area contributed by atoms with Crippen molar-refractivity contribution in [3.63, 3.8) is 0 Å². The quantitative estimate of drug-likeness (QED) is 0.656. The number of hydrogen-bond acceptors (Lipinski definition) is 4. The van der Waals surface area contributed by atoms with E-state index in [0.717, 1.165) is 16.8 Å². The summed E-state index contributed by atoms with van der Waals surface area (Å²) >= 11 is 4.91. The minimum absolute atomic E-state index is 0.342. The van der Waals surface area contributed by atoms with E-state index in [4.69, 9.17) is 22.7 Å². The Balaban J connectivity index is 2.23. The summed E-state index contributed by atoms with van der Waals surface area (Å²) in [5, 5.41) is 3.15. The Hall–Kier alpha value is -2.40. The number of esters is 1. The van der Waals surface area contributed by atoms with E-state index >= 15 is 0 Å². The van der Waals surface area contributed by atoms with Gasteiger partial charge >= 0.3 is 5.97 Å². The topological polar surface area (TPSA) is 64.3 Å². The van der Waals surface area contributed by atoms with Crippen LogP contribution in [-0.4, -0.2) is 18.1 Å². The first-order valence-electron chi connectivity index (χ1n) is 6.41. The van der Waals surface area contributed by atoms with Crippen LogP contribution in [0.1, 0.15) is 17.2 Å². The molecule has 0 saturated carbocycles. The van der Waals surface area contributed by atoms with Crippen molar-refractivity contribution in [1.82, 2.24) is 0 Å². The molecule has 0 bridgehead atoms. The summed E-state index contributed by atoms with van der Waals surface area (Å²) in [5.74, 6) is -0.348. The molecule has 3 N–H and O–H groups in total. The lowest BCUT2D eigenvalue weighted by atomic mass is 10.1. The van der Waals surface area contributed by atoms with Gasteiger partial charge in [0.25, 0.3) is 0 Å². The van der Waals surface area contributed by atoms with Crippen LogP contribution in [0.5, 0.6) is 0 Å². The Kier molecular flexibility index (Phi) is 4.90. The van der Waals surface area contributed by atoms with E-state index in [2.05, 4.69) is 5.32 Å². The number of anilines is 1. The average Bonchev–Trinajstić information content (AvgIpc) is 2.53. The lowest BCUT2D eigenvalue weighted by molar-refractivity contribution is -0.141. The number of carbonyl (C=O) groups is 1. The highest BCUT2D eigenvalue weighted by molar-refractivity contribution is 7.80. The van der Waals surface area contributed by atoms with Gasteiger partial charge in [-0.2, -0.15) is 0 Å². The van der Waals surface area contributed by atoms with E-state index in [1.54, 1.807) is 0 Å². The lowest BCUT2D eigenvalue weighted by Gasteiger charge is -2.18. The van der Waals surface area contributed by atoms with Gasteiger partial charge in [-0.05, 0) is 29.8 Å². The van der Waals surface area contributed by atoms with E-state index < -0.39 is 6.04 Å². The summed E-state index contributed by atoms with van der Waals surface area (Å²) in [7, 11) is 1.37. The van der Waals surface area contributed by atoms with Crippen LogP contribution in [0.2, 0.25) is 0 Å². The molecule has 0 fully saturated rings. The minimum atomic E-state index is -0.563. The van der Waals surface area contributed by atoms with Crippen molar-refractivity contribution in [2.24, 2.45) is 5.73 Å². The van der Waals surface area contributed by atoms with E-state index in [1.165, 1.54) is 7.11 Å². The molecular formula is C16H16N2O2S. The van der Waals surface area contributed by atoms with Crippen molar-refractivity contribution in [1.29, 1.82) is 0 Å². The first-order chi connectivity index (χ1) is 10.1. The van der Waals surface area contributed by atoms with Crippen molar-refractivity contribution in [3.8, 4) is 0 Å².